The number of aryl methyl sites for hydroxylation is 1. The van der Waals surface area contributed by atoms with E-state index in [0.717, 1.165) is 28.2 Å². The zero-order valence-electron chi connectivity index (χ0n) is 20.1. The monoisotopic (exact) mass is 548 g/mol. The molecule has 0 unspecified atom stereocenters. The van der Waals surface area contributed by atoms with Gasteiger partial charge in [-0.3, -0.25) is 20.2 Å². The predicted molar refractivity (Wildman–Crippen MR) is 137 cm³/mol. The number of hydrogen-bond donors (Lipinski definition) is 4. The molecule has 2 aromatic heterocycles. The minimum atomic E-state index is -0.582. The summed E-state index contributed by atoms with van der Waals surface area (Å²) in [5.74, 6) is -0.858. The van der Waals surface area contributed by atoms with Crippen LogP contribution in [0.3, 0.4) is 0 Å². The number of amides is 4. The van der Waals surface area contributed by atoms with Crippen molar-refractivity contribution in [1.82, 2.24) is 20.4 Å². The molecule has 0 saturated carbocycles. The van der Waals surface area contributed by atoms with E-state index in [1.165, 1.54) is 0 Å². The van der Waals surface area contributed by atoms with Gasteiger partial charge in [-0.05, 0) is 38.5 Å². The number of nitrogens with zero attached hydrogens (tertiary/aromatic N) is 4. The summed E-state index contributed by atoms with van der Waals surface area (Å²) in [7, 11) is 0. The highest BCUT2D eigenvalue weighted by Gasteiger charge is 2.15. The molecule has 0 aliphatic rings. The van der Waals surface area contributed by atoms with Crippen LogP contribution in [0.25, 0.3) is 0 Å². The summed E-state index contributed by atoms with van der Waals surface area (Å²) in [6.07, 6.45) is -0.0684. The minimum Gasteiger partial charge on any atom is -0.466 e. The Morgan fingerprint density at radius 3 is 1.78 bits per heavy atom. The summed E-state index contributed by atoms with van der Waals surface area (Å²) in [6, 6.07) is 3.80. The van der Waals surface area contributed by atoms with E-state index in [1.54, 1.807) is 39.0 Å². The lowest BCUT2D eigenvalue weighted by atomic mass is 10.2. The molecule has 0 saturated heterocycles. The Bertz CT molecular complexity index is 1280. The fraction of sp³-hybridized carbons (Fsp3) is 0.333. The maximum absolute atomic E-state index is 12.4. The van der Waals surface area contributed by atoms with E-state index in [4.69, 9.17) is 9.47 Å². The zero-order chi connectivity index (χ0) is 26.8. The average molecular weight is 549 g/mol. The molecule has 0 atom stereocenters. The van der Waals surface area contributed by atoms with Crippen molar-refractivity contribution in [3.63, 3.8) is 0 Å². The second-order valence-electron chi connectivity index (χ2n) is 7.15. The number of rotatable bonds is 10. The third kappa shape index (κ3) is 8.76. The van der Waals surface area contributed by atoms with Gasteiger partial charge in [-0.2, -0.15) is 0 Å². The van der Waals surface area contributed by atoms with E-state index in [0.29, 0.717) is 21.4 Å². The van der Waals surface area contributed by atoms with Gasteiger partial charge in [0.15, 0.2) is 0 Å². The Labute approximate surface area is 219 Å². The average Bonchev–Trinajstić information content (AvgIpc) is 3.45. The summed E-state index contributed by atoms with van der Waals surface area (Å²) in [5, 5.41) is 27.1. The fourth-order valence-corrected chi connectivity index (χ4v) is 4.21. The lowest BCUT2D eigenvalue weighted by Gasteiger charge is -2.11. The van der Waals surface area contributed by atoms with Crippen molar-refractivity contribution < 1.29 is 28.7 Å². The molecule has 4 amide bonds. The molecule has 3 rings (SSSR count). The molecule has 0 spiro atoms. The number of carbonyl (C=O) groups is 4. The number of aromatic nitrogens is 4. The number of ether oxygens (including phenoxy) is 2. The van der Waals surface area contributed by atoms with Gasteiger partial charge in [0.05, 0.1) is 26.1 Å². The number of hydrogen-bond acceptors (Lipinski definition) is 12. The van der Waals surface area contributed by atoms with E-state index < -0.39 is 24.0 Å². The molecule has 16 heteroatoms. The maximum atomic E-state index is 12.4. The van der Waals surface area contributed by atoms with Crippen molar-refractivity contribution in [1.29, 1.82) is 0 Å². The molecule has 37 heavy (non-hydrogen) atoms. The maximum Gasteiger partial charge on any atom is 0.325 e. The molecule has 3 aromatic rings. The van der Waals surface area contributed by atoms with Crippen LogP contribution in [0.15, 0.2) is 18.2 Å². The lowest BCUT2D eigenvalue weighted by Crippen LogP contribution is -2.21. The third-order valence-electron chi connectivity index (χ3n) is 4.32. The number of nitrogens with one attached hydrogen (secondary N) is 4. The lowest BCUT2D eigenvalue weighted by molar-refractivity contribution is -0.143. The van der Waals surface area contributed by atoms with E-state index >= 15 is 0 Å². The van der Waals surface area contributed by atoms with Crippen LogP contribution in [0.1, 0.15) is 29.4 Å². The standard InChI is InChI=1S/C21H24N8O6S2/c1-4-34-16(30)9-14-26-28-20(36-14)24-18(32)22-12-7-6-11(3)13(8-12)23-19(33)25-21-29-27-15(37-21)10-17(31)35-5-2/h6-8H,4-5,9-10H2,1-3H3,(H2,22,24,28,32)(H2,23,25,29,33). The predicted octanol–water partition coefficient (Wildman–Crippen LogP) is 3.20. The largest absolute Gasteiger partial charge is 0.466 e. The van der Waals surface area contributed by atoms with Crippen molar-refractivity contribution in [2.45, 2.75) is 33.6 Å². The first kappa shape index (κ1) is 27.4. The SMILES string of the molecule is CCOC(=O)Cc1nnc(NC(=O)Nc2ccc(C)c(NC(=O)Nc3nnc(CC(=O)OCC)s3)c2)s1. The highest BCUT2D eigenvalue weighted by atomic mass is 32.1. The third-order valence-corrected chi connectivity index (χ3v) is 6.00. The summed E-state index contributed by atoms with van der Waals surface area (Å²) >= 11 is 2.11. The first-order valence-electron chi connectivity index (χ1n) is 11.0. The smallest absolute Gasteiger partial charge is 0.325 e. The van der Waals surface area contributed by atoms with Gasteiger partial charge in [-0.1, -0.05) is 28.7 Å². The van der Waals surface area contributed by atoms with Gasteiger partial charge in [0.2, 0.25) is 10.3 Å². The van der Waals surface area contributed by atoms with Gasteiger partial charge < -0.3 is 20.1 Å². The fourth-order valence-electron chi connectivity index (χ4n) is 2.77. The molecule has 2 heterocycles. The van der Waals surface area contributed by atoms with Crippen LogP contribution in [0.5, 0.6) is 0 Å². The van der Waals surface area contributed by atoms with Crippen LogP contribution < -0.4 is 21.3 Å². The van der Waals surface area contributed by atoms with Crippen LogP contribution in [0.2, 0.25) is 0 Å². The van der Waals surface area contributed by atoms with Crippen LogP contribution in [-0.2, 0) is 31.9 Å². The molecule has 4 N–H and O–H groups in total. The van der Waals surface area contributed by atoms with Crippen LogP contribution >= 0.6 is 22.7 Å². The van der Waals surface area contributed by atoms with Gasteiger partial charge in [0.25, 0.3) is 0 Å². The van der Waals surface area contributed by atoms with Gasteiger partial charge in [-0.15, -0.1) is 20.4 Å². The number of anilines is 4. The molecule has 14 nitrogen and oxygen atoms in total. The van der Waals surface area contributed by atoms with Gasteiger partial charge in [0.1, 0.15) is 10.0 Å². The number of urea groups is 2. The van der Waals surface area contributed by atoms with Crippen LogP contribution in [-0.4, -0.2) is 57.6 Å². The normalized spacial score (nSPS) is 10.4. The topological polar surface area (TPSA) is 186 Å². The molecule has 196 valence electrons. The molecule has 0 fully saturated rings. The Hall–Kier alpha value is -4.18. The van der Waals surface area contributed by atoms with Crippen molar-refractivity contribution in [3.05, 3.63) is 33.8 Å². The van der Waals surface area contributed by atoms with E-state index in [2.05, 4.69) is 41.7 Å². The molecule has 0 radical (unpaired) electrons. The van der Waals surface area contributed by atoms with Crippen LogP contribution in [0, 0.1) is 6.92 Å². The van der Waals surface area contributed by atoms with E-state index in [1.807, 2.05) is 0 Å². The molecular formula is C21H24N8O6S2. The first-order valence-corrected chi connectivity index (χ1v) is 12.6. The molecule has 0 aliphatic heterocycles. The van der Waals surface area contributed by atoms with Crippen molar-refractivity contribution >= 4 is 68.3 Å². The second kappa shape index (κ2) is 13.2. The molecule has 0 aliphatic carbocycles. The van der Waals surface area contributed by atoms with E-state index in [9.17, 15) is 19.2 Å². The second-order valence-corrected chi connectivity index (χ2v) is 9.28. The minimum absolute atomic E-state index is 0.0341. The number of benzene rings is 1. The van der Waals surface area contributed by atoms with Crippen molar-refractivity contribution in [3.8, 4) is 0 Å². The summed E-state index contributed by atoms with van der Waals surface area (Å²) in [5.41, 5.74) is 1.59. The van der Waals surface area contributed by atoms with Crippen molar-refractivity contribution in [2.24, 2.45) is 0 Å². The zero-order valence-corrected chi connectivity index (χ0v) is 21.7. The molecule has 0 bridgehead atoms. The van der Waals surface area contributed by atoms with Crippen LogP contribution in [0.4, 0.5) is 31.2 Å². The number of esters is 2. The highest BCUT2D eigenvalue weighted by Crippen LogP contribution is 2.22. The number of carbonyl (C=O) groups excluding carboxylic acids is 4. The molecular weight excluding hydrogens is 524 g/mol. The van der Waals surface area contributed by atoms with E-state index in [-0.39, 0.29) is 36.3 Å². The Balaban J connectivity index is 1.54. The summed E-state index contributed by atoms with van der Waals surface area (Å²) in [6.45, 7) is 5.73. The quantitative estimate of drug-likeness (QED) is 0.274. The Kier molecular flexibility index (Phi) is 9.79. The van der Waals surface area contributed by atoms with Crippen molar-refractivity contribution in [2.75, 3.05) is 34.5 Å². The van der Waals surface area contributed by atoms with Gasteiger partial charge in [0, 0.05) is 11.4 Å². The van der Waals surface area contributed by atoms with Gasteiger partial charge >= 0.3 is 24.0 Å². The highest BCUT2D eigenvalue weighted by molar-refractivity contribution is 7.15. The molecule has 1 aromatic carbocycles. The Morgan fingerprint density at radius 2 is 1.27 bits per heavy atom. The summed E-state index contributed by atoms with van der Waals surface area (Å²) in [4.78, 5) is 47.9. The summed E-state index contributed by atoms with van der Waals surface area (Å²) < 4.78 is 9.73. The Morgan fingerprint density at radius 1 is 0.757 bits per heavy atom. The first-order chi connectivity index (χ1) is 17.7. The van der Waals surface area contributed by atoms with Gasteiger partial charge in [-0.25, -0.2) is 9.59 Å².